The first kappa shape index (κ1) is 10.8. The first-order valence-corrected chi connectivity index (χ1v) is 5.61. The number of phenols is 1. The quantitative estimate of drug-likeness (QED) is 0.670. The number of anilines is 1. The van der Waals surface area contributed by atoms with E-state index in [-0.39, 0.29) is 17.8 Å². The number of hydrogen-bond donors (Lipinski definition) is 3. The summed E-state index contributed by atoms with van der Waals surface area (Å²) in [7, 11) is 0. The van der Waals surface area contributed by atoms with Gasteiger partial charge in [-0.25, -0.2) is 4.79 Å². The van der Waals surface area contributed by atoms with Gasteiger partial charge in [0, 0.05) is 6.04 Å². The minimum Gasteiger partial charge on any atom is -0.506 e. The van der Waals surface area contributed by atoms with E-state index < -0.39 is 0 Å². The number of benzene rings is 1. The molecule has 0 spiro atoms. The molecular formula is C12H16N2O2. The summed E-state index contributed by atoms with van der Waals surface area (Å²) >= 11 is 0. The molecule has 0 radical (unpaired) electrons. The van der Waals surface area contributed by atoms with Crippen molar-refractivity contribution in [2.24, 2.45) is 0 Å². The summed E-state index contributed by atoms with van der Waals surface area (Å²) in [5.41, 5.74) is 0.443. The number of nitrogens with one attached hydrogen (secondary N) is 2. The van der Waals surface area contributed by atoms with Crippen LogP contribution in [-0.2, 0) is 0 Å². The molecule has 1 saturated carbocycles. The average molecular weight is 220 g/mol. The van der Waals surface area contributed by atoms with Crippen LogP contribution in [0.25, 0.3) is 0 Å². The minimum atomic E-state index is -0.242. The Morgan fingerprint density at radius 1 is 1.25 bits per heavy atom. The van der Waals surface area contributed by atoms with Crippen LogP contribution in [0.2, 0.25) is 0 Å². The fraction of sp³-hybridized carbons (Fsp3) is 0.417. The molecule has 1 aliphatic rings. The summed E-state index contributed by atoms with van der Waals surface area (Å²) < 4.78 is 0. The highest BCUT2D eigenvalue weighted by Gasteiger charge is 2.17. The third kappa shape index (κ3) is 2.66. The zero-order chi connectivity index (χ0) is 11.4. The molecule has 0 unspecified atom stereocenters. The van der Waals surface area contributed by atoms with Crippen LogP contribution in [0.5, 0.6) is 5.75 Å². The fourth-order valence-electron chi connectivity index (χ4n) is 1.99. The van der Waals surface area contributed by atoms with Gasteiger partial charge in [0.25, 0.3) is 0 Å². The van der Waals surface area contributed by atoms with Gasteiger partial charge in [-0.05, 0) is 25.0 Å². The Bertz CT molecular complexity index is 373. The van der Waals surface area contributed by atoms with Crippen LogP contribution in [0.15, 0.2) is 24.3 Å². The Morgan fingerprint density at radius 3 is 2.62 bits per heavy atom. The smallest absolute Gasteiger partial charge is 0.319 e. The highest BCUT2D eigenvalue weighted by atomic mass is 16.3. The molecule has 16 heavy (non-hydrogen) atoms. The van der Waals surface area contributed by atoms with Crippen molar-refractivity contribution < 1.29 is 9.90 Å². The predicted octanol–water partition coefficient (Wildman–Crippen LogP) is 2.46. The topological polar surface area (TPSA) is 61.4 Å². The Kier molecular flexibility index (Phi) is 3.29. The highest BCUT2D eigenvalue weighted by Crippen LogP contribution is 2.22. The fourth-order valence-corrected chi connectivity index (χ4v) is 1.99. The molecule has 1 aromatic carbocycles. The van der Waals surface area contributed by atoms with E-state index >= 15 is 0 Å². The summed E-state index contributed by atoms with van der Waals surface area (Å²) in [5.74, 6) is 0.0871. The van der Waals surface area contributed by atoms with Crippen LogP contribution < -0.4 is 10.6 Å². The molecular weight excluding hydrogens is 204 g/mol. The normalized spacial score (nSPS) is 16.0. The van der Waals surface area contributed by atoms with E-state index in [0.717, 1.165) is 12.8 Å². The summed E-state index contributed by atoms with van der Waals surface area (Å²) in [6, 6.07) is 6.74. The van der Waals surface area contributed by atoms with Crippen molar-refractivity contribution in [1.82, 2.24) is 5.32 Å². The van der Waals surface area contributed by atoms with Crippen LogP contribution in [-0.4, -0.2) is 17.2 Å². The molecule has 0 atom stereocenters. The van der Waals surface area contributed by atoms with Crippen molar-refractivity contribution in [2.45, 2.75) is 31.7 Å². The lowest BCUT2D eigenvalue weighted by molar-refractivity contribution is 0.248. The van der Waals surface area contributed by atoms with Gasteiger partial charge in [0.2, 0.25) is 0 Å². The number of carbonyl (C=O) groups is 1. The van der Waals surface area contributed by atoms with E-state index in [4.69, 9.17) is 0 Å². The van der Waals surface area contributed by atoms with Crippen molar-refractivity contribution in [3.05, 3.63) is 24.3 Å². The Morgan fingerprint density at radius 2 is 1.94 bits per heavy atom. The minimum absolute atomic E-state index is 0.0871. The third-order valence-electron chi connectivity index (χ3n) is 2.84. The zero-order valence-electron chi connectivity index (χ0n) is 9.07. The van der Waals surface area contributed by atoms with Crippen molar-refractivity contribution in [3.8, 4) is 5.75 Å². The second-order valence-corrected chi connectivity index (χ2v) is 4.10. The summed E-state index contributed by atoms with van der Waals surface area (Å²) in [6.07, 6.45) is 4.46. The van der Waals surface area contributed by atoms with Gasteiger partial charge in [-0.2, -0.15) is 0 Å². The number of carbonyl (C=O) groups excluding carboxylic acids is 1. The second-order valence-electron chi connectivity index (χ2n) is 4.10. The number of para-hydroxylation sites is 2. The lowest BCUT2D eigenvalue weighted by Gasteiger charge is -2.13. The van der Waals surface area contributed by atoms with Crippen molar-refractivity contribution in [1.29, 1.82) is 0 Å². The number of hydrogen-bond acceptors (Lipinski definition) is 2. The molecule has 2 rings (SSSR count). The first-order chi connectivity index (χ1) is 7.75. The van der Waals surface area contributed by atoms with Gasteiger partial charge < -0.3 is 15.7 Å². The van der Waals surface area contributed by atoms with Crippen LogP contribution in [0, 0.1) is 0 Å². The van der Waals surface area contributed by atoms with E-state index in [2.05, 4.69) is 10.6 Å². The molecule has 2 amide bonds. The molecule has 1 aromatic rings. The van der Waals surface area contributed by atoms with Crippen LogP contribution in [0.3, 0.4) is 0 Å². The van der Waals surface area contributed by atoms with Crippen molar-refractivity contribution in [2.75, 3.05) is 5.32 Å². The first-order valence-electron chi connectivity index (χ1n) is 5.61. The van der Waals surface area contributed by atoms with Gasteiger partial charge in [-0.3, -0.25) is 0 Å². The molecule has 0 aliphatic heterocycles. The number of urea groups is 1. The highest BCUT2D eigenvalue weighted by molar-refractivity contribution is 5.90. The van der Waals surface area contributed by atoms with Gasteiger partial charge in [-0.1, -0.05) is 25.0 Å². The van der Waals surface area contributed by atoms with Crippen LogP contribution in [0.1, 0.15) is 25.7 Å². The molecule has 4 heteroatoms. The van der Waals surface area contributed by atoms with Gasteiger partial charge >= 0.3 is 6.03 Å². The monoisotopic (exact) mass is 220 g/mol. The SMILES string of the molecule is O=C(Nc1ccccc1O)NC1CCCC1. The molecule has 4 nitrogen and oxygen atoms in total. The maximum absolute atomic E-state index is 11.6. The Labute approximate surface area is 94.7 Å². The largest absolute Gasteiger partial charge is 0.506 e. The molecule has 1 aliphatic carbocycles. The Hall–Kier alpha value is -1.71. The van der Waals surface area contributed by atoms with E-state index in [1.54, 1.807) is 24.3 Å². The average Bonchev–Trinajstić information content (AvgIpc) is 2.74. The Balaban J connectivity index is 1.89. The predicted molar refractivity (Wildman–Crippen MR) is 62.5 cm³/mol. The third-order valence-corrected chi connectivity index (χ3v) is 2.84. The number of amides is 2. The van der Waals surface area contributed by atoms with Gasteiger partial charge in [0.05, 0.1) is 5.69 Å². The van der Waals surface area contributed by atoms with E-state index in [1.807, 2.05) is 0 Å². The van der Waals surface area contributed by atoms with Crippen LogP contribution >= 0.6 is 0 Å². The molecule has 1 fully saturated rings. The maximum Gasteiger partial charge on any atom is 0.319 e. The van der Waals surface area contributed by atoms with Crippen LogP contribution in [0.4, 0.5) is 10.5 Å². The van der Waals surface area contributed by atoms with E-state index in [9.17, 15) is 9.90 Å². The molecule has 3 N–H and O–H groups in total. The van der Waals surface area contributed by atoms with Gasteiger partial charge in [0.1, 0.15) is 5.75 Å². The molecule has 0 aromatic heterocycles. The zero-order valence-corrected chi connectivity index (χ0v) is 9.07. The maximum atomic E-state index is 11.6. The number of phenolic OH excluding ortho intramolecular Hbond substituents is 1. The van der Waals surface area contributed by atoms with E-state index in [1.165, 1.54) is 12.8 Å². The standard InChI is InChI=1S/C12H16N2O2/c15-11-8-4-3-7-10(11)14-12(16)13-9-5-1-2-6-9/h3-4,7-9,15H,1-2,5-6H2,(H2,13,14,16). The molecule has 0 bridgehead atoms. The lowest BCUT2D eigenvalue weighted by atomic mass is 10.2. The summed E-state index contributed by atoms with van der Waals surface area (Å²) in [5, 5.41) is 15.0. The van der Waals surface area contributed by atoms with Crippen molar-refractivity contribution in [3.63, 3.8) is 0 Å². The molecule has 0 saturated heterocycles. The number of aromatic hydroxyl groups is 1. The van der Waals surface area contributed by atoms with E-state index in [0.29, 0.717) is 5.69 Å². The molecule has 0 heterocycles. The van der Waals surface area contributed by atoms with Gasteiger partial charge in [0.15, 0.2) is 0 Å². The number of rotatable bonds is 2. The summed E-state index contributed by atoms with van der Waals surface area (Å²) in [4.78, 5) is 11.6. The second kappa shape index (κ2) is 4.88. The van der Waals surface area contributed by atoms with Crippen molar-refractivity contribution >= 4 is 11.7 Å². The lowest BCUT2D eigenvalue weighted by Crippen LogP contribution is -2.36. The summed E-state index contributed by atoms with van der Waals surface area (Å²) in [6.45, 7) is 0. The van der Waals surface area contributed by atoms with Gasteiger partial charge in [-0.15, -0.1) is 0 Å². The molecule has 86 valence electrons.